The molecule has 72 valence electrons. The second-order valence-corrected chi connectivity index (χ2v) is 3.17. The van der Waals surface area contributed by atoms with Crippen molar-refractivity contribution in [2.75, 3.05) is 0 Å². The molecule has 0 unspecified atom stereocenters. The Bertz CT molecular complexity index is 269. The summed E-state index contributed by atoms with van der Waals surface area (Å²) in [7, 11) is 0. The molecule has 6 N–H and O–H groups in total. The maximum absolute atomic E-state index is 5.64. The lowest BCUT2D eigenvalue weighted by molar-refractivity contribution is 0.924. The Kier molecular flexibility index (Phi) is 3.42. The number of aryl methyl sites for hydroxylation is 1. The van der Waals surface area contributed by atoms with Gasteiger partial charge in [0.25, 0.3) is 0 Å². The van der Waals surface area contributed by atoms with Gasteiger partial charge in [0.1, 0.15) is 0 Å². The molecule has 0 aliphatic heterocycles. The monoisotopic (exact) mass is 179 g/mol. The molecule has 0 aliphatic rings. The smallest absolute Gasteiger partial charge is 0.0184 e. The maximum atomic E-state index is 5.64. The highest BCUT2D eigenvalue weighted by Gasteiger charge is 2.05. The molecular formula is C10H17N3. The summed E-state index contributed by atoms with van der Waals surface area (Å²) in [4.78, 5) is 0. The van der Waals surface area contributed by atoms with Crippen LogP contribution in [0.25, 0.3) is 0 Å². The molecule has 0 fully saturated rings. The van der Waals surface area contributed by atoms with Crippen molar-refractivity contribution in [3.8, 4) is 0 Å². The number of benzene rings is 1. The van der Waals surface area contributed by atoms with Gasteiger partial charge in [-0.2, -0.15) is 0 Å². The van der Waals surface area contributed by atoms with Crippen LogP contribution in [0.2, 0.25) is 0 Å². The molecule has 0 saturated carbocycles. The van der Waals surface area contributed by atoms with E-state index in [1.165, 1.54) is 5.56 Å². The molecule has 0 radical (unpaired) electrons. The van der Waals surface area contributed by atoms with Crippen LogP contribution in [0.4, 0.5) is 0 Å². The largest absolute Gasteiger partial charge is 0.326 e. The minimum atomic E-state index is 0.513. The van der Waals surface area contributed by atoms with Crippen molar-refractivity contribution in [3.63, 3.8) is 0 Å². The first-order chi connectivity index (χ1) is 6.22. The van der Waals surface area contributed by atoms with Crippen molar-refractivity contribution in [3.05, 3.63) is 34.4 Å². The summed E-state index contributed by atoms with van der Waals surface area (Å²) in [5, 5.41) is 0. The van der Waals surface area contributed by atoms with Gasteiger partial charge in [-0.15, -0.1) is 0 Å². The van der Waals surface area contributed by atoms with Gasteiger partial charge in [0, 0.05) is 19.6 Å². The van der Waals surface area contributed by atoms with Gasteiger partial charge < -0.3 is 17.2 Å². The zero-order valence-corrected chi connectivity index (χ0v) is 8.01. The SMILES string of the molecule is Cc1cc(CN)c(CN)c(CN)c1. The first-order valence-corrected chi connectivity index (χ1v) is 4.44. The normalized spacial score (nSPS) is 10.5. The van der Waals surface area contributed by atoms with E-state index in [1.807, 2.05) is 6.92 Å². The van der Waals surface area contributed by atoms with Gasteiger partial charge in [-0.3, -0.25) is 0 Å². The summed E-state index contributed by atoms with van der Waals surface area (Å²) in [6, 6.07) is 4.14. The lowest BCUT2D eigenvalue weighted by atomic mass is 9.98. The molecule has 0 bridgehead atoms. The molecule has 0 aliphatic carbocycles. The van der Waals surface area contributed by atoms with E-state index in [0.29, 0.717) is 19.6 Å². The molecule has 0 saturated heterocycles. The molecule has 1 aromatic carbocycles. The van der Waals surface area contributed by atoms with Gasteiger partial charge in [-0.1, -0.05) is 17.7 Å². The summed E-state index contributed by atoms with van der Waals surface area (Å²) in [5.41, 5.74) is 21.4. The standard InChI is InChI=1S/C10H17N3/c1-7-2-8(4-11)10(6-13)9(3-7)5-12/h2-3H,4-6,11-13H2,1H3. The number of hydrogen-bond acceptors (Lipinski definition) is 3. The molecule has 1 aromatic rings. The van der Waals surface area contributed by atoms with Crippen LogP contribution in [0.15, 0.2) is 12.1 Å². The van der Waals surface area contributed by atoms with E-state index in [0.717, 1.165) is 16.7 Å². The van der Waals surface area contributed by atoms with E-state index in [9.17, 15) is 0 Å². The third kappa shape index (κ3) is 2.06. The Hall–Kier alpha value is -0.900. The van der Waals surface area contributed by atoms with Crippen molar-refractivity contribution < 1.29 is 0 Å². The fraction of sp³-hybridized carbons (Fsp3) is 0.400. The predicted octanol–water partition coefficient (Wildman–Crippen LogP) is 0.371. The van der Waals surface area contributed by atoms with Crippen LogP contribution in [0.1, 0.15) is 22.3 Å². The second kappa shape index (κ2) is 4.37. The summed E-state index contributed by atoms with van der Waals surface area (Å²) in [6.45, 7) is 3.61. The Morgan fingerprint density at radius 2 is 1.38 bits per heavy atom. The Labute approximate surface area is 78.9 Å². The summed E-state index contributed by atoms with van der Waals surface area (Å²) < 4.78 is 0. The van der Waals surface area contributed by atoms with Gasteiger partial charge >= 0.3 is 0 Å². The van der Waals surface area contributed by atoms with Crippen molar-refractivity contribution in [2.45, 2.75) is 26.6 Å². The highest BCUT2D eigenvalue weighted by molar-refractivity contribution is 5.38. The van der Waals surface area contributed by atoms with Crippen molar-refractivity contribution in [1.82, 2.24) is 0 Å². The Balaban J connectivity index is 3.25. The van der Waals surface area contributed by atoms with Gasteiger partial charge in [0.05, 0.1) is 0 Å². The van der Waals surface area contributed by atoms with E-state index in [1.54, 1.807) is 0 Å². The zero-order chi connectivity index (χ0) is 9.84. The molecule has 3 heteroatoms. The van der Waals surface area contributed by atoms with Crippen LogP contribution in [0.5, 0.6) is 0 Å². The van der Waals surface area contributed by atoms with Crippen LogP contribution in [0.3, 0.4) is 0 Å². The third-order valence-electron chi connectivity index (χ3n) is 2.22. The van der Waals surface area contributed by atoms with Crippen molar-refractivity contribution in [2.24, 2.45) is 17.2 Å². The van der Waals surface area contributed by atoms with Gasteiger partial charge in [0.15, 0.2) is 0 Å². The van der Waals surface area contributed by atoms with Crippen molar-refractivity contribution in [1.29, 1.82) is 0 Å². The number of hydrogen-bond donors (Lipinski definition) is 3. The van der Waals surface area contributed by atoms with Crippen LogP contribution < -0.4 is 17.2 Å². The molecule has 0 atom stereocenters. The van der Waals surface area contributed by atoms with Gasteiger partial charge in [-0.25, -0.2) is 0 Å². The van der Waals surface area contributed by atoms with E-state index in [2.05, 4.69) is 12.1 Å². The molecular weight excluding hydrogens is 162 g/mol. The molecule has 0 spiro atoms. The molecule has 0 aromatic heterocycles. The first-order valence-electron chi connectivity index (χ1n) is 4.44. The van der Waals surface area contributed by atoms with Crippen LogP contribution in [-0.2, 0) is 19.6 Å². The highest BCUT2D eigenvalue weighted by Crippen LogP contribution is 2.16. The van der Waals surface area contributed by atoms with E-state index < -0.39 is 0 Å². The summed E-state index contributed by atoms with van der Waals surface area (Å²) in [5.74, 6) is 0. The van der Waals surface area contributed by atoms with Crippen molar-refractivity contribution >= 4 is 0 Å². The lowest BCUT2D eigenvalue weighted by Gasteiger charge is -2.12. The number of rotatable bonds is 3. The topological polar surface area (TPSA) is 78.1 Å². The highest BCUT2D eigenvalue weighted by atomic mass is 14.6. The quantitative estimate of drug-likeness (QED) is 0.627. The zero-order valence-electron chi connectivity index (χ0n) is 8.01. The summed E-state index contributed by atoms with van der Waals surface area (Å²) in [6.07, 6.45) is 0. The fourth-order valence-corrected chi connectivity index (χ4v) is 1.60. The second-order valence-electron chi connectivity index (χ2n) is 3.17. The van der Waals surface area contributed by atoms with Crippen LogP contribution in [-0.4, -0.2) is 0 Å². The molecule has 13 heavy (non-hydrogen) atoms. The fourth-order valence-electron chi connectivity index (χ4n) is 1.60. The molecule has 1 rings (SSSR count). The van der Waals surface area contributed by atoms with E-state index >= 15 is 0 Å². The number of nitrogens with two attached hydrogens (primary N) is 3. The first kappa shape index (κ1) is 10.2. The average Bonchev–Trinajstić information content (AvgIpc) is 2.16. The maximum Gasteiger partial charge on any atom is 0.0184 e. The van der Waals surface area contributed by atoms with Gasteiger partial charge in [0.2, 0.25) is 0 Å². The van der Waals surface area contributed by atoms with E-state index in [4.69, 9.17) is 17.2 Å². The summed E-state index contributed by atoms with van der Waals surface area (Å²) >= 11 is 0. The molecule has 0 amide bonds. The minimum absolute atomic E-state index is 0.513. The molecule has 0 heterocycles. The lowest BCUT2D eigenvalue weighted by Crippen LogP contribution is -2.12. The van der Waals surface area contributed by atoms with Crippen LogP contribution >= 0.6 is 0 Å². The van der Waals surface area contributed by atoms with Gasteiger partial charge in [-0.05, 0) is 23.6 Å². The third-order valence-corrected chi connectivity index (χ3v) is 2.22. The van der Waals surface area contributed by atoms with E-state index in [-0.39, 0.29) is 0 Å². The Morgan fingerprint density at radius 1 is 0.923 bits per heavy atom. The predicted molar refractivity (Wildman–Crippen MR) is 54.9 cm³/mol. The average molecular weight is 179 g/mol. The molecule has 3 nitrogen and oxygen atoms in total. The minimum Gasteiger partial charge on any atom is -0.326 e. The van der Waals surface area contributed by atoms with Crippen LogP contribution in [0, 0.1) is 6.92 Å². The Morgan fingerprint density at radius 3 is 1.69 bits per heavy atom.